The van der Waals surface area contributed by atoms with Gasteiger partial charge in [-0.15, -0.1) is 0 Å². The van der Waals surface area contributed by atoms with E-state index in [0.29, 0.717) is 26.2 Å². The van der Waals surface area contributed by atoms with Gasteiger partial charge in [0, 0.05) is 15.1 Å². The van der Waals surface area contributed by atoms with Crippen molar-refractivity contribution in [3.8, 4) is 11.1 Å². The molecule has 0 unspecified atom stereocenters. The molecule has 0 bridgehead atoms. The Morgan fingerprint density at radius 2 is 2.00 bits per heavy atom. The predicted molar refractivity (Wildman–Crippen MR) is 75.9 cm³/mol. The number of hydrogen-bond acceptors (Lipinski definition) is 2. The van der Waals surface area contributed by atoms with Gasteiger partial charge in [0.2, 0.25) is 0 Å². The molecular weight excluding hydrogens is 335 g/mol. The van der Waals surface area contributed by atoms with Crippen molar-refractivity contribution in [3.63, 3.8) is 0 Å². The standard InChI is InChI=1S/C14H9BrClFO2/c1-19-14(18)8-2-3-12(13(16)6-8)9-4-10(15)7-11(17)5-9/h2-7H,1H3. The molecule has 0 aliphatic heterocycles. The van der Waals surface area contributed by atoms with Crippen LogP contribution in [0.5, 0.6) is 0 Å². The summed E-state index contributed by atoms with van der Waals surface area (Å²) >= 11 is 9.35. The van der Waals surface area contributed by atoms with Crippen LogP contribution in [0.1, 0.15) is 10.4 Å². The van der Waals surface area contributed by atoms with Crippen molar-refractivity contribution in [1.82, 2.24) is 0 Å². The predicted octanol–water partition coefficient (Wildman–Crippen LogP) is 4.70. The second-order valence-electron chi connectivity index (χ2n) is 3.84. The number of rotatable bonds is 2. The smallest absolute Gasteiger partial charge is 0.337 e. The molecule has 19 heavy (non-hydrogen) atoms. The van der Waals surface area contributed by atoms with E-state index in [4.69, 9.17) is 11.6 Å². The van der Waals surface area contributed by atoms with Crippen LogP contribution in [0.3, 0.4) is 0 Å². The number of carbonyl (C=O) groups is 1. The summed E-state index contributed by atoms with van der Waals surface area (Å²) in [4.78, 5) is 11.4. The summed E-state index contributed by atoms with van der Waals surface area (Å²) in [7, 11) is 1.30. The fourth-order valence-electron chi connectivity index (χ4n) is 1.70. The van der Waals surface area contributed by atoms with Crippen molar-refractivity contribution >= 4 is 33.5 Å². The van der Waals surface area contributed by atoms with E-state index in [9.17, 15) is 9.18 Å². The van der Waals surface area contributed by atoms with Crippen LogP contribution in [-0.2, 0) is 4.74 Å². The van der Waals surface area contributed by atoms with Gasteiger partial charge in [-0.25, -0.2) is 9.18 Å². The summed E-state index contributed by atoms with van der Waals surface area (Å²) < 4.78 is 18.6. The molecule has 0 saturated heterocycles. The van der Waals surface area contributed by atoms with Gasteiger partial charge in [0.1, 0.15) is 5.82 Å². The highest BCUT2D eigenvalue weighted by molar-refractivity contribution is 9.10. The van der Waals surface area contributed by atoms with Crippen LogP contribution in [0.15, 0.2) is 40.9 Å². The van der Waals surface area contributed by atoms with Gasteiger partial charge < -0.3 is 4.74 Å². The van der Waals surface area contributed by atoms with Crippen LogP contribution in [-0.4, -0.2) is 13.1 Å². The molecule has 0 aliphatic rings. The lowest BCUT2D eigenvalue weighted by molar-refractivity contribution is 0.0601. The van der Waals surface area contributed by atoms with Crippen molar-refractivity contribution in [2.75, 3.05) is 7.11 Å². The molecule has 2 aromatic rings. The number of hydrogen-bond donors (Lipinski definition) is 0. The maximum atomic E-state index is 13.4. The number of esters is 1. The van der Waals surface area contributed by atoms with Gasteiger partial charge in [0.05, 0.1) is 12.7 Å². The first-order valence-corrected chi connectivity index (χ1v) is 6.52. The Kier molecular flexibility index (Phi) is 4.22. The van der Waals surface area contributed by atoms with Crippen molar-refractivity contribution in [2.45, 2.75) is 0 Å². The maximum absolute atomic E-state index is 13.4. The molecule has 0 aromatic heterocycles. The fourth-order valence-corrected chi connectivity index (χ4v) is 2.46. The second-order valence-corrected chi connectivity index (χ2v) is 5.17. The van der Waals surface area contributed by atoms with Crippen LogP contribution in [0.25, 0.3) is 11.1 Å². The number of benzene rings is 2. The van der Waals surface area contributed by atoms with E-state index in [1.54, 1.807) is 18.2 Å². The number of halogens is 3. The van der Waals surface area contributed by atoms with Crippen molar-refractivity contribution in [1.29, 1.82) is 0 Å². The van der Waals surface area contributed by atoms with Gasteiger partial charge in [-0.1, -0.05) is 33.6 Å². The zero-order valence-electron chi connectivity index (χ0n) is 9.91. The molecule has 0 N–H and O–H groups in total. The third-order valence-electron chi connectivity index (χ3n) is 2.56. The van der Waals surface area contributed by atoms with Crippen molar-refractivity contribution in [3.05, 3.63) is 57.3 Å². The van der Waals surface area contributed by atoms with Crippen LogP contribution in [0.2, 0.25) is 5.02 Å². The molecule has 0 saturated carbocycles. The van der Waals surface area contributed by atoms with E-state index >= 15 is 0 Å². The Morgan fingerprint density at radius 1 is 1.26 bits per heavy atom. The lowest BCUT2D eigenvalue weighted by Gasteiger charge is -2.07. The van der Waals surface area contributed by atoms with Crippen LogP contribution in [0, 0.1) is 5.82 Å². The Bertz CT molecular complexity index is 623. The number of carbonyl (C=O) groups excluding carboxylic acids is 1. The first-order chi connectivity index (χ1) is 9.01. The highest BCUT2D eigenvalue weighted by Crippen LogP contribution is 2.31. The Balaban J connectivity index is 2.49. The van der Waals surface area contributed by atoms with E-state index < -0.39 is 5.97 Å². The minimum Gasteiger partial charge on any atom is -0.465 e. The van der Waals surface area contributed by atoms with E-state index in [0.717, 1.165) is 0 Å². The van der Waals surface area contributed by atoms with Gasteiger partial charge in [0.25, 0.3) is 0 Å². The molecule has 5 heteroatoms. The number of methoxy groups -OCH3 is 1. The highest BCUT2D eigenvalue weighted by Gasteiger charge is 2.11. The lowest BCUT2D eigenvalue weighted by atomic mass is 10.0. The highest BCUT2D eigenvalue weighted by atomic mass is 79.9. The zero-order valence-corrected chi connectivity index (χ0v) is 12.3. The first-order valence-electron chi connectivity index (χ1n) is 5.35. The number of ether oxygens (including phenoxy) is 1. The fraction of sp³-hybridized carbons (Fsp3) is 0.0714. The SMILES string of the molecule is COC(=O)c1ccc(-c2cc(F)cc(Br)c2)c(Cl)c1. The summed E-state index contributed by atoms with van der Waals surface area (Å²) in [6.07, 6.45) is 0. The normalized spacial score (nSPS) is 10.3. The topological polar surface area (TPSA) is 26.3 Å². The quantitative estimate of drug-likeness (QED) is 0.739. The van der Waals surface area contributed by atoms with E-state index in [1.807, 2.05) is 0 Å². The maximum Gasteiger partial charge on any atom is 0.337 e. The average Bonchev–Trinajstić information content (AvgIpc) is 2.36. The summed E-state index contributed by atoms with van der Waals surface area (Å²) in [6, 6.07) is 9.25. The summed E-state index contributed by atoms with van der Waals surface area (Å²) in [5.74, 6) is -0.827. The third kappa shape index (κ3) is 3.14. The Morgan fingerprint density at radius 3 is 2.58 bits per heavy atom. The van der Waals surface area contributed by atoms with Crippen LogP contribution < -0.4 is 0 Å². The molecular formula is C14H9BrClFO2. The molecule has 0 amide bonds. The van der Waals surface area contributed by atoms with Crippen LogP contribution >= 0.6 is 27.5 Å². The monoisotopic (exact) mass is 342 g/mol. The van der Waals surface area contributed by atoms with E-state index in [1.165, 1.54) is 25.3 Å². The molecule has 0 spiro atoms. The molecule has 2 nitrogen and oxygen atoms in total. The van der Waals surface area contributed by atoms with Gasteiger partial charge >= 0.3 is 5.97 Å². The minimum atomic E-state index is -0.464. The molecule has 0 radical (unpaired) electrons. The molecule has 0 fully saturated rings. The van der Waals surface area contributed by atoms with E-state index in [-0.39, 0.29) is 5.82 Å². The van der Waals surface area contributed by atoms with Gasteiger partial charge in [-0.05, 0) is 35.9 Å². The largest absolute Gasteiger partial charge is 0.465 e. The second kappa shape index (κ2) is 5.72. The molecule has 2 rings (SSSR count). The van der Waals surface area contributed by atoms with Gasteiger partial charge in [-0.3, -0.25) is 0 Å². The Hall–Kier alpha value is -1.39. The van der Waals surface area contributed by atoms with Crippen molar-refractivity contribution in [2.24, 2.45) is 0 Å². The first kappa shape index (κ1) is 14.0. The lowest BCUT2D eigenvalue weighted by Crippen LogP contribution is -2.00. The van der Waals surface area contributed by atoms with Crippen molar-refractivity contribution < 1.29 is 13.9 Å². The molecule has 98 valence electrons. The summed E-state index contributed by atoms with van der Waals surface area (Å²) in [5.41, 5.74) is 1.63. The summed E-state index contributed by atoms with van der Waals surface area (Å²) in [6.45, 7) is 0. The molecule has 0 heterocycles. The van der Waals surface area contributed by atoms with Gasteiger partial charge in [-0.2, -0.15) is 0 Å². The summed E-state index contributed by atoms with van der Waals surface area (Å²) in [5, 5.41) is 0.361. The average molecular weight is 344 g/mol. The minimum absolute atomic E-state index is 0.353. The van der Waals surface area contributed by atoms with Crippen LogP contribution in [0.4, 0.5) is 4.39 Å². The third-order valence-corrected chi connectivity index (χ3v) is 3.33. The van der Waals surface area contributed by atoms with E-state index in [2.05, 4.69) is 20.7 Å². The molecule has 2 aromatic carbocycles. The molecule has 0 aliphatic carbocycles. The zero-order chi connectivity index (χ0) is 14.0. The van der Waals surface area contributed by atoms with Gasteiger partial charge in [0.15, 0.2) is 0 Å². The molecule has 0 atom stereocenters. The Labute approximate surface area is 123 Å².